The third kappa shape index (κ3) is 11.0. The highest BCUT2D eigenvalue weighted by molar-refractivity contribution is 7.91. The first-order valence-corrected chi connectivity index (χ1v) is 17.1. The van der Waals surface area contributed by atoms with Gasteiger partial charge in [0.1, 0.15) is 21.3 Å². The lowest BCUT2D eigenvalue weighted by Crippen LogP contribution is -2.29. The Hall–Kier alpha value is -2.18. The number of aromatic hydroxyl groups is 1. The maximum atomic E-state index is 13.7. The number of alkyl halides is 1. The molecule has 4 nitrogen and oxygen atoms in total. The van der Waals surface area contributed by atoms with Crippen molar-refractivity contribution in [1.29, 1.82) is 0 Å². The zero-order valence-electron chi connectivity index (χ0n) is 24.9. The van der Waals surface area contributed by atoms with Crippen LogP contribution in [0.4, 0.5) is 4.39 Å². The summed E-state index contributed by atoms with van der Waals surface area (Å²) in [6, 6.07) is 16.6. The van der Waals surface area contributed by atoms with E-state index in [1.54, 1.807) is 0 Å². The lowest BCUT2D eigenvalue weighted by atomic mass is 9.89. The van der Waals surface area contributed by atoms with Gasteiger partial charge >= 0.3 is 0 Å². The zero-order chi connectivity index (χ0) is 29.0. The number of sulfone groups is 1. The molecule has 0 amide bonds. The van der Waals surface area contributed by atoms with Crippen molar-refractivity contribution in [2.75, 3.05) is 31.1 Å². The van der Waals surface area contributed by atoms with Crippen molar-refractivity contribution in [2.45, 2.75) is 97.1 Å². The number of hydrogen-bond acceptors (Lipinski definition) is 4. The van der Waals surface area contributed by atoms with Crippen LogP contribution >= 0.6 is 0 Å². The van der Waals surface area contributed by atoms with Crippen LogP contribution in [0.25, 0.3) is 11.1 Å². The van der Waals surface area contributed by atoms with E-state index in [4.69, 9.17) is 0 Å². The molecule has 0 atom stereocenters. The average Bonchev–Trinajstić information content (AvgIpc) is 3.08. The molecule has 2 aromatic rings. The molecule has 222 valence electrons. The van der Waals surface area contributed by atoms with Crippen LogP contribution in [-0.2, 0) is 16.3 Å². The average molecular weight is 572 g/mol. The van der Waals surface area contributed by atoms with Crippen LogP contribution < -0.4 is 0 Å². The molecule has 6 heteroatoms. The van der Waals surface area contributed by atoms with E-state index in [1.165, 1.54) is 41.7 Å². The number of rotatable bonds is 17. The number of aryl methyl sites for hydroxylation is 1. The molecule has 0 aliphatic heterocycles. The van der Waals surface area contributed by atoms with E-state index in [0.29, 0.717) is 12.2 Å². The highest BCUT2D eigenvalue weighted by Crippen LogP contribution is 2.39. The lowest BCUT2D eigenvalue weighted by molar-refractivity contribution is 0.211. The van der Waals surface area contributed by atoms with Gasteiger partial charge in [-0.2, -0.15) is 0 Å². The highest BCUT2D eigenvalue weighted by atomic mass is 32.2. The van der Waals surface area contributed by atoms with Gasteiger partial charge in [-0.25, -0.2) is 12.8 Å². The maximum Gasteiger partial charge on any atom is 0.150 e. The molecule has 0 saturated carbocycles. The Balaban J connectivity index is 1.50. The fourth-order valence-corrected chi connectivity index (χ4v) is 7.31. The molecule has 0 unspecified atom stereocenters. The van der Waals surface area contributed by atoms with E-state index in [2.05, 4.69) is 48.2 Å². The molecular formula is C34H50FNO3S. The third-order valence-corrected chi connectivity index (χ3v) is 9.64. The van der Waals surface area contributed by atoms with E-state index < -0.39 is 15.5 Å². The molecule has 0 bridgehead atoms. The lowest BCUT2D eigenvalue weighted by Gasteiger charge is -2.22. The fourth-order valence-electron chi connectivity index (χ4n) is 5.74. The van der Waals surface area contributed by atoms with E-state index in [9.17, 15) is 17.9 Å². The maximum absolute atomic E-state index is 13.7. The Kier molecular flexibility index (Phi) is 12.7. The van der Waals surface area contributed by atoms with E-state index in [0.717, 1.165) is 77.4 Å². The highest BCUT2D eigenvalue weighted by Gasteiger charge is 2.21. The van der Waals surface area contributed by atoms with Gasteiger partial charge in [-0.1, -0.05) is 56.2 Å². The summed E-state index contributed by atoms with van der Waals surface area (Å²) in [6.45, 7) is 7.79. The minimum atomic E-state index is -3.20. The van der Waals surface area contributed by atoms with E-state index in [-0.39, 0.29) is 17.9 Å². The van der Waals surface area contributed by atoms with Crippen LogP contribution in [0.3, 0.4) is 0 Å². The Labute approximate surface area is 242 Å². The van der Waals surface area contributed by atoms with Crippen LogP contribution in [0.15, 0.2) is 48.5 Å². The van der Waals surface area contributed by atoms with Gasteiger partial charge in [0.15, 0.2) is 0 Å². The summed E-state index contributed by atoms with van der Waals surface area (Å²) in [5.74, 6) is 0.416. The quantitative estimate of drug-likeness (QED) is 0.194. The predicted molar refractivity (Wildman–Crippen MR) is 167 cm³/mol. The van der Waals surface area contributed by atoms with Crippen molar-refractivity contribution < 1.29 is 17.9 Å². The number of halogens is 1. The number of hydrogen-bond donors (Lipinski definition) is 1. The van der Waals surface area contributed by atoms with Gasteiger partial charge in [0, 0.05) is 0 Å². The molecule has 0 heterocycles. The minimum absolute atomic E-state index is 0.0613. The van der Waals surface area contributed by atoms with Crippen LogP contribution in [0.2, 0.25) is 0 Å². The SMILES string of the molecule is CCCN(CCCCCCC1=C(c2ccccc2)CCCc2cc(O)ccc21)CCCS(=O)(=O)CCC(C)(C)F. The van der Waals surface area contributed by atoms with E-state index >= 15 is 0 Å². The Morgan fingerprint density at radius 1 is 0.900 bits per heavy atom. The molecule has 0 saturated heterocycles. The third-order valence-electron chi connectivity index (χ3n) is 7.90. The van der Waals surface area contributed by atoms with Gasteiger partial charge in [0.2, 0.25) is 0 Å². The summed E-state index contributed by atoms with van der Waals surface area (Å²) in [5, 5.41) is 10.1. The molecule has 3 rings (SSSR count). The van der Waals surface area contributed by atoms with Crippen LogP contribution in [0.5, 0.6) is 5.75 Å². The van der Waals surface area contributed by atoms with Crippen LogP contribution in [0.1, 0.15) is 102 Å². The number of nitrogens with zero attached hydrogens (tertiary/aromatic N) is 1. The predicted octanol–water partition coefficient (Wildman–Crippen LogP) is 8.24. The van der Waals surface area contributed by atoms with Gasteiger partial charge in [0.05, 0.1) is 11.5 Å². The zero-order valence-corrected chi connectivity index (χ0v) is 25.7. The first-order chi connectivity index (χ1) is 19.1. The summed E-state index contributed by atoms with van der Waals surface area (Å²) < 4.78 is 38.3. The number of fused-ring (bicyclic) bond motifs is 1. The van der Waals surface area contributed by atoms with Crippen molar-refractivity contribution in [1.82, 2.24) is 4.90 Å². The largest absolute Gasteiger partial charge is 0.508 e. The summed E-state index contributed by atoms with van der Waals surface area (Å²) in [6.07, 6.45) is 10.4. The summed E-state index contributed by atoms with van der Waals surface area (Å²) in [4.78, 5) is 2.39. The number of unbranched alkanes of at least 4 members (excludes halogenated alkanes) is 3. The Morgan fingerprint density at radius 3 is 2.35 bits per heavy atom. The number of phenolic OH excluding ortho intramolecular Hbond substituents is 1. The monoisotopic (exact) mass is 571 g/mol. The topological polar surface area (TPSA) is 57.6 Å². The second-order valence-corrected chi connectivity index (χ2v) is 14.3. The van der Waals surface area contributed by atoms with Crippen LogP contribution in [-0.4, -0.2) is 55.2 Å². The minimum Gasteiger partial charge on any atom is -0.508 e. The molecule has 2 aromatic carbocycles. The molecule has 1 N–H and O–H groups in total. The van der Waals surface area contributed by atoms with Crippen molar-refractivity contribution >= 4 is 21.0 Å². The fraction of sp³-hybridized carbons (Fsp3) is 0.588. The number of phenols is 1. The van der Waals surface area contributed by atoms with Gasteiger partial charge in [0.25, 0.3) is 0 Å². The number of benzene rings is 2. The second kappa shape index (κ2) is 15.7. The molecule has 0 aromatic heterocycles. The van der Waals surface area contributed by atoms with Crippen molar-refractivity contribution in [2.24, 2.45) is 0 Å². The molecule has 40 heavy (non-hydrogen) atoms. The molecular weight excluding hydrogens is 521 g/mol. The number of allylic oxidation sites excluding steroid dienone is 2. The summed E-state index contributed by atoms with van der Waals surface area (Å²) >= 11 is 0. The summed E-state index contributed by atoms with van der Waals surface area (Å²) in [5.41, 5.74) is 5.31. The first-order valence-electron chi connectivity index (χ1n) is 15.3. The summed E-state index contributed by atoms with van der Waals surface area (Å²) in [7, 11) is -3.20. The second-order valence-electron chi connectivity index (χ2n) is 12.0. The Morgan fingerprint density at radius 2 is 1.62 bits per heavy atom. The molecule has 1 aliphatic rings. The van der Waals surface area contributed by atoms with Crippen LogP contribution in [0, 0.1) is 0 Å². The van der Waals surface area contributed by atoms with Gasteiger partial charge < -0.3 is 10.0 Å². The van der Waals surface area contributed by atoms with Crippen molar-refractivity contribution in [3.63, 3.8) is 0 Å². The smallest absolute Gasteiger partial charge is 0.150 e. The van der Waals surface area contributed by atoms with Gasteiger partial charge in [-0.3, -0.25) is 0 Å². The molecule has 0 fully saturated rings. The molecule has 0 spiro atoms. The van der Waals surface area contributed by atoms with Crippen molar-refractivity contribution in [3.8, 4) is 5.75 Å². The Bertz CT molecular complexity index is 1190. The molecule has 1 aliphatic carbocycles. The molecule has 0 radical (unpaired) electrons. The first kappa shape index (κ1) is 32.3. The van der Waals surface area contributed by atoms with Gasteiger partial charge in [-0.05, 0) is 131 Å². The van der Waals surface area contributed by atoms with E-state index in [1.807, 2.05) is 12.1 Å². The standard InChI is InChI=1S/C34H50FNO3S/c1-4-22-36(24-13-25-40(38,39)26-21-34(2,3)35)23-11-6-5-10-17-33-31(28-14-8-7-9-15-28)18-12-16-29-27-30(37)19-20-32(29)33/h7-9,14-15,19-20,27,37H,4-6,10-13,16-18,21-26H2,1-3H3. The van der Waals surface area contributed by atoms with Gasteiger partial charge in [-0.15, -0.1) is 0 Å². The van der Waals surface area contributed by atoms with Crippen molar-refractivity contribution in [3.05, 3.63) is 65.2 Å². The normalized spacial score (nSPS) is 14.4.